The highest BCUT2D eigenvalue weighted by molar-refractivity contribution is 6.30. The Bertz CT molecular complexity index is 962. The number of rotatable bonds is 3. The second kappa shape index (κ2) is 8.70. The first-order chi connectivity index (χ1) is 14.1. The summed E-state index contributed by atoms with van der Waals surface area (Å²) in [6, 6.07) is 12.5. The molecule has 5 nitrogen and oxygen atoms in total. The molecule has 1 saturated carbocycles. The molecule has 0 saturated heterocycles. The average molecular weight is 411 g/mol. The third-order valence-electron chi connectivity index (χ3n) is 5.27. The fourth-order valence-corrected chi connectivity index (χ4v) is 3.94. The van der Waals surface area contributed by atoms with E-state index in [1.807, 2.05) is 12.1 Å². The van der Waals surface area contributed by atoms with Crippen LogP contribution >= 0.6 is 11.6 Å². The van der Waals surface area contributed by atoms with Crippen molar-refractivity contribution < 1.29 is 14.3 Å². The van der Waals surface area contributed by atoms with Crippen molar-refractivity contribution >= 4 is 35.2 Å². The van der Waals surface area contributed by atoms with Crippen LogP contribution in [-0.2, 0) is 4.79 Å². The van der Waals surface area contributed by atoms with Gasteiger partial charge in [0.1, 0.15) is 0 Å². The Balaban J connectivity index is 1.49. The molecule has 2 aromatic carbocycles. The molecular weight excluding hydrogens is 388 g/mol. The van der Waals surface area contributed by atoms with E-state index in [9.17, 15) is 9.59 Å². The summed E-state index contributed by atoms with van der Waals surface area (Å²) >= 11 is 6.00. The molecule has 2 N–H and O–H groups in total. The average Bonchev–Trinajstić information content (AvgIpc) is 2.97. The van der Waals surface area contributed by atoms with Crippen LogP contribution in [0.25, 0.3) is 6.08 Å². The molecule has 2 aliphatic rings. The first kappa shape index (κ1) is 19.5. The maximum absolute atomic E-state index is 12.6. The number of hydrogen-bond acceptors (Lipinski definition) is 3. The highest BCUT2D eigenvalue weighted by Crippen LogP contribution is 2.32. The summed E-state index contributed by atoms with van der Waals surface area (Å²) in [6.07, 6.45) is 8.46. The van der Waals surface area contributed by atoms with Gasteiger partial charge in [0.25, 0.3) is 11.8 Å². The van der Waals surface area contributed by atoms with E-state index in [-0.39, 0.29) is 23.6 Å². The van der Waals surface area contributed by atoms with E-state index >= 15 is 0 Å². The van der Waals surface area contributed by atoms with Crippen molar-refractivity contribution in [3.63, 3.8) is 0 Å². The molecule has 2 amide bonds. The topological polar surface area (TPSA) is 67.4 Å². The number of carbonyl (C=O) groups is 2. The van der Waals surface area contributed by atoms with Gasteiger partial charge in [-0.1, -0.05) is 49.4 Å². The zero-order chi connectivity index (χ0) is 20.2. The van der Waals surface area contributed by atoms with Crippen molar-refractivity contribution in [3.8, 4) is 5.75 Å². The lowest BCUT2D eigenvalue weighted by Crippen LogP contribution is -2.34. The molecule has 29 heavy (non-hydrogen) atoms. The molecule has 4 rings (SSSR count). The zero-order valence-electron chi connectivity index (χ0n) is 16.0. The lowest BCUT2D eigenvalue weighted by atomic mass is 10.1. The summed E-state index contributed by atoms with van der Waals surface area (Å²) < 4.78 is 5.76. The molecule has 1 aliphatic heterocycles. The van der Waals surface area contributed by atoms with Crippen molar-refractivity contribution in [2.75, 3.05) is 5.32 Å². The van der Waals surface area contributed by atoms with Crippen LogP contribution in [0.1, 0.15) is 54.4 Å². The number of benzene rings is 2. The molecule has 2 aromatic rings. The van der Waals surface area contributed by atoms with E-state index in [4.69, 9.17) is 16.3 Å². The van der Waals surface area contributed by atoms with Gasteiger partial charge in [-0.3, -0.25) is 9.59 Å². The van der Waals surface area contributed by atoms with E-state index in [0.717, 1.165) is 31.2 Å². The number of carbonyl (C=O) groups excluding carboxylic acids is 2. The molecule has 0 atom stereocenters. The predicted octanol–water partition coefficient (Wildman–Crippen LogP) is 5.16. The largest absolute Gasteiger partial charge is 0.449 e. The Morgan fingerprint density at radius 3 is 2.66 bits per heavy atom. The van der Waals surface area contributed by atoms with Gasteiger partial charge in [-0.05, 0) is 54.8 Å². The van der Waals surface area contributed by atoms with E-state index < -0.39 is 0 Å². The maximum atomic E-state index is 12.6. The second-order valence-corrected chi connectivity index (χ2v) is 7.93. The quantitative estimate of drug-likeness (QED) is 0.542. The molecule has 0 spiro atoms. The fraction of sp³-hybridized carbons (Fsp3) is 0.304. The monoisotopic (exact) mass is 410 g/mol. The number of hydrogen-bond donors (Lipinski definition) is 2. The van der Waals surface area contributed by atoms with Crippen LogP contribution in [0.2, 0.25) is 5.02 Å². The number of ether oxygens (including phenoxy) is 1. The Morgan fingerprint density at radius 1 is 1.10 bits per heavy atom. The van der Waals surface area contributed by atoms with Crippen molar-refractivity contribution in [3.05, 3.63) is 64.4 Å². The highest BCUT2D eigenvalue weighted by atomic mass is 35.5. The minimum absolute atomic E-state index is 0.116. The summed E-state index contributed by atoms with van der Waals surface area (Å²) in [5.41, 5.74) is 1.77. The first-order valence-corrected chi connectivity index (χ1v) is 10.4. The summed E-state index contributed by atoms with van der Waals surface area (Å²) in [5, 5.41) is 6.52. The van der Waals surface area contributed by atoms with Crippen LogP contribution < -0.4 is 15.4 Å². The van der Waals surface area contributed by atoms with Crippen LogP contribution in [0, 0.1) is 0 Å². The number of nitrogens with one attached hydrogen (secondary N) is 2. The SMILES string of the molecule is O=C1Nc2cc(C(=O)NC3CCCCCC3)ccc2OC1=Cc1cccc(Cl)c1. The fourth-order valence-electron chi connectivity index (χ4n) is 3.74. The van der Waals surface area contributed by atoms with E-state index in [1.54, 1.807) is 36.4 Å². The highest BCUT2D eigenvalue weighted by Gasteiger charge is 2.24. The number of amides is 2. The van der Waals surface area contributed by atoms with Crippen molar-refractivity contribution in [2.24, 2.45) is 0 Å². The van der Waals surface area contributed by atoms with Gasteiger partial charge in [-0.2, -0.15) is 0 Å². The van der Waals surface area contributed by atoms with E-state index in [1.165, 1.54) is 12.8 Å². The van der Waals surface area contributed by atoms with Gasteiger partial charge in [-0.15, -0.1) is 0 Å². The van der Waals surface area contributed by atoms with Crippen molar-refractivity contribution in [1.82, 2.24) is 5.32 Å². The molecule has 0 unspecified atom stereocenters. The molecule has 0 bridgehead atoms. The molecule has 1 aliphatic carbocycles. The zero-order valence-corrected chi connectivity index (χ0v) is 16.8. The number of fused-ring (bicyclic) bond motifs is 1. The Hall–Kier alpha value is -2.79. The van der Waals surface area contributed by atoms with Gasteiger partial charge in [0, 0.05) is 16.6 Å². The molecule has 1 fully saturated rings. The standard InChI is InChI=1S/C23H23ClN2O3/c24-17-7-5-6-15(12-17)13-21-23(28)26-19-14-16(10-11-20(19)29-21)22(27)25-18-8-3-1-2-4-9-18/h5-7,10-14,18H,1-4,8-9H2,(H,25,27)(H,26,28). The van der Waals surface area contributed by atoms with Crippen LogP contribution in [0.5, 0.6) is 5.75 Å². The molecule has 0 aromatic heterocycles. The third-order valence-corrected chi connectivity index (χ3v) is 5.51. The Morgan fingerprint density at radius 2 is 1.90 bits per heavy atom. The summed E-state index contributed by atoms with van der Waals surface area (Å²) in [4.78, 5) is 25.1. The van der Waals surface area contributed by atoms with Gasteiger partial charge >= 0.3 is 0 Å². The smallest absolute Gasteiger partial charge is 0.291 e. The van der Waals surface area contributed by atoms with E-state index in [0.29, 0.717) is 22.0 Å². The molecule has 1 heterocycles. The maximum Gasteiger partial charge on any atom is 0.291 e. The van der Waals surface area contributed by atoms with Gasteiger partial charge in [0.2, 0.25) is 0 Å². The third kappa shape index (κ3) is 4.80. The normalized spacial score (nSPS) is 18.4. The van der Waals surface area contributed by atoms with Crippen LogP contribution in [0.3, 0.4) is 0 Å². The molecule has 0 radical (unpaired) electrons. The summed E-state index contributed by atoms with van der Waals surface area (Å²) in [5.74, 6) is 0.201. The summed E-state index contributed by atoms with van der Waals surface area (Å²) in [6.45, 7) is 0. The van der Waals surface area contributed by atoms with Gasteiger partial charge in [-0.25, -0.2) is 0 Å². The Labute approximate surface area is 175 Å². The molecule has 150 valence electrons. The van der Waals surface area contributed by atoms with Gasteiger partial charge in [0.05, 0.1) is 5.69 Å². The molecular formula is C23H23ClN2O3. The predicted molar refractivity (Wildman–Crippen MR) is 114 cm³/mol. The second-order valence-electron chi connectivity index (χ2n) is 7.49. The number of halogens is 1. The number of anilines is 1. The van der Waals surface area contributed by atoms with Gasteiger partial charge in [0.15, 0.2) is 11.5 Å². The lowest BCUT2D eigenvalue weighted by Gasteiger charge is -2.21. The van der Waals surface area contributed by atoms with Crippen LogP contribution in [0.4, 0.5) is 5.69 Å². The minimum atomic E-state index is -0.362. The van der Waals surface area contributed by atoms with Crippen LogP contribution in [0.15, 0.2) is 48.2 Å². The Kier molecular flexibility index (Phi) is 5.86. The van der Waals surface area contributed by atoms with Crippen LogP contribution in [-0.4, -0.2) is 17.9 Å². The minimum Gasteiger partial charge on any atom is -0.449 e. The van der Waals surface area contributed by atoms with Gasteiger partial charge < -0.3 is 15.4 Å². The lowest BCUT2D eigenvalue weighted by molar-refractivity contribution is -0.115. The van der Waals surface area contributed by atoms with Crippen molar-refractivity contribution in [1.29, 1.82) is 0 Å². The van der Waals surface area contributed by atoms with E-state index in [2.05, 4.69) is 10.6 Å². The van der Waals surface area contributed by atoms with Crippen molar-refractivity contribution in [2.45, 2.75) is 44.6 Å². The first-order valence-electron chi connectivity index (χ1n) is 10.00. The summed E-state index contributed by atoms with van der Waals surface area (Å²) in [7, 11) is 0. The molecule has 6 heteroatoms.